The predicted molar refractivity (Wildman–Crippen MR) is 135 cm³/mol. The average molecular weight is 531 g/mol. The van der Waals surface area contributed by atoms with E-state index in [-0.39, 0.29) is 58.5 Å². The summed E-state index contributed by atoms with van der Waals surface area (Å²) in [7, 11) is -5.30. The fraction of sp³-hybridized carbons (Fsp3) is 0.286. The topological polar surface area (TPSA) is 127 Å². The van der Waals surface area contributed by atoms with Crippen molar-refractivity contribution in [2.75, 3.05) is 0 Å². The minimum absolute atomic E-state index is 0. The van der Waals surface area contributed by atoms with Crippen molar-refractivity contribution in [2.24, 2.45) is 5.92 Å². The van der Waals surface area contributed by atoms with Gasteiger partial charge in [-0.1, -0.05) is 45.9 Å². The molecule has 1 aliphatic rings. The summed E-state index contributed by atoms with van der Waals surface area (Å²) >= 11 is 0. The first-order valence-electron chi connectivity index (χ1n) is 11.6. The first-order valence-corrected chi connectivity index (χ1v) is 13.1. The van der Waals surface area contributed by atoms with Crippen LogP contribution in [0.4, 0.5) is 0 Å². The molecule has 0 saturated carbocycles. The maximum atomic E-state index is 12.7. The van der Waals surface area contributed by atoms with Crippen LogP contribution in [0, 0.1) is 12.8 Å². The van der Waals surface area contributed by atoms with Crippen molar-refractivity contribution >= 4 is 25.1 Å². The number of allylic oxidation sites excluding steroid dienone is 5. The number of hydrogen-bond acceptors (Lipinski definition) is 6. The maximum absolute atomic E-state index is 12.7. The summed E-state index contributed by atoms with van der Waals surface area (Å²) in [6.45, 7) is 11.0. The van der Waals surface area contributed by atoms with Gasteiger partial charge in [0.05, 0.1) is 5.56 Å². The predicted octanol–water partition coefficient (Wildman–Crippen LogP) is 1.94. The number of carboxylic acids is 1. The van der Waals surface area contributed by atoms with Gasteiger partial charge in [-0.25, -0.2) is 4.79 Å². The Kier molecular flexibility index (Phi) is 10.1. The van der Waals surface area contributed by atoms with Gasteiger partial charge < -0.3 is 24.0 Å². The van der Waals surface area contributed by atoms with Gasteiger partial charge in [-0.05, 0) is 95.0 Å². The Labute approximate surface area is 239 Å². The normalized spacial score (nSPS) is 15.2. The van der Waals surface area contributed by atoms with Gasteiger partial charge in [-0.15, -0.1) is 0 Å². The number of hydrogen-bond donors (Lipinski definition) is 1. The molecular formula is C28H29NaO7P-. The Hall–Kier alpha value is -2.25. The van der Waals surface area contributed by atoms with Crippen LogP contribution in [0.25, 0.3) is 5.57 Å². The van der Waals surface area contributed by atoms with Gasteiger partial charge in [0.1, 0.15) is 13.6 Å². The van der Waals surface area contributed by atoms with Crippen molar-refractivity contribution < 1.29 is 63.1 Å². The molecule has 190 valence electrons. The van der Waals surface area contributed by atoms with Gasteiger partial charge in [-0.3, -0.25) is 4.79 Å². The van der Waals surface area contributed by atoms with Gasteiger partial charge in [0, 0.05) is 5.57 Å². The number of phosphoric acid groups is 1. The molecule has 9 heteroatoms. The SMILES string of the molecule is CC1=CC(=O)C(C(C)C)=C/C1=C(\c1cc(C(C)C)c(OP(=O)([O-])[O-])cc1C)c1ccccc1C(=O)O.[Na+]. The average Bonchev–Trinajstić information content (AvgIpc) is 2.75. The Morgan fingerprint density at radius 3 is 2.05 bits per heavy atom. The molecule has 0 bridgehead atoms. The summed E-state index contributed by atoms with van der Waals surface area (Å²) in [5.74, 6) is -1.52. The number of phosphoric ester groups is 1. The molecular weight excluding hydrogens is 502 g/mol. The number of ketones is 1. The Bertz CT molecular complexity index is 1380. The molecule has 1 N–H and O–H groups in total. The van der Waals surface area contributed by atoms with E-state index in [0.717, 1.165) is 0 Å². The fourth-order valence-corrected chi connectivity index (χ4v) is 4.76. The number of carbonyl (C=O) groups is 2. The Morgan fingerprint density at radius 1 is 0.946 bits per heavy atom. The molecule has 0 spiro atoms. The molecule has 7 nitrogen and oxygen atoms in total. The van der Waals surface area contributed by atoms with E-state index in [1.165, 1.54) is 12.1 Å². The standard InChI is InChI=1S/C28H31O7P.Na/c1-15(2)21-13-23(17(5)11-25(21)29)27(19-9-7-8-10-20(19)28(30)31)24-14-22(16(3)4)26(12-18(24)6)35-36(32,33)34;/h7-16H,1-6H3,(H,30,31)(H2,32,33,34);/q;+1/p-2/b27-23+;. The number of carbonyl (C=O) groups excluding carboxylic acids is 1. The van der Waals surface area contributed by atoms with Crippen molar-refractivity contribution in [3.8, 4) is 5.75 Å². The van der Waals surface area contributed by atoms with Crippen LogP contribution in [0.5, 0.6) is 5.75 Å². The molecule has 2 aromatic rings. The van der Waals surface area contributed by atoms with E-state index in [1.54, 1.807) is 50.3 Å². The van der Waals surface area contributed by atoms with Gasteiger partial charge in [0.2, 0.25) is 0 Å². The summed E-state index contributed by atoms with van der Waals surface area (Å²) < 4.78 is 16.2. The second-order valence-electron chi connectivity index (χ2n) is 9.48. The summed E-state index contributed by atoms with van der Waals surface area (Å²) in [5, 5.41) is 9.96. The monoisotopic (exact) mass is 531 g/mol. The summed E-state index contributed by atoms with van der Waals surface area (Å²) in [5.41, 5.74) is 4.79. The number of rotatable bonds is 7. The molecule has 1 aliphatic carbocycles. The number of aryl methyl sites for hydroxylation is 1. The summed E-state index contributed by atoms with van der Waals surface area (Å²) in [6, 6.07) is 9.82. The number of aromatic carboxylic acids is 1. The first-order chi connectivity index (χ1) is 16.7. The number of carboxylic acid groups (broad SMARTS) is 1. The zero-order valence-corrected chi connectivity index (χ0v) is 25.0. The zero-order valence-electron chi connectivity index (χ0n) is 22.1. The van der Waals surface area contributed by atoms with E-state index in [1.807, 2.05) is 27.7 Å². The molecule has 0 heterocycles. The molecule has 0 atom stereocenters. The van der Waals surface area contributed by atoms with Crippen molar-refractivity contribution in [2.45, 2.75) is 47.5 Å². The van der Waals surface area contributed by atoms with Crippen LogP contribution < -0.4 is 43.9 Å². The third-order valence-electron chi connectivity index (χ3n) is 6.13. The maximum Gasteiger partial charge on any atom is 1.00 e. The third kappa shape index (κ3) is 6.99. The van der Waals surface area contributed by atoms with Crippen LogP contribution in [-0.2, 0) is 9.36 Å². The third-order valence-corrected chi connectivity index (χ3v) is 6.55. The fourth-order valence-electron chi connectivity index (χ4n) is 4.36. The van der Waals surface area contributed by atoms with Crippen molar-refractivity contribution in [3.05, 3.63) is 93.1 Å². The summed E-state index contributed by atoms with van der Waals surface area (Å²) in [6.07, 6.45) is 3.36. The first kappa shape index (κ1) is 31.0. The molecule has 0 fully saturated rings. The van der Waals surface area contributed by atoms with Gasteiger partial charge >= 0.3 is 35.5 Å². The van der Waals surface area contributed by atoms with Crippen LogP contribution in [0.2, 0.25) is 0 Å². The van der Waals surface area contributed by atoms with E-state index in [2.05, 4.69) is 0 Å². The second kappa shape index (κ2) is 12.1. The van der Waals surface area contributed by atoms with Crippen molar-refractivity contribution in [3.63, 3.8) is 0 Å². The Morgan fingerprint density at radius 2 is 1.54 bits per heavy atom. The molecule has 0 amide bonds. The Balaban J connectivity index is 0.00000481. The molecule has 2 aromatic carbocycles. The van der Waals surface area contributed by atoms with Gasteiger partial charge in [0.25, 0.3) is 0 Å². The zero-order chi connectivity index (χ0) is 26.9. The van der Waals surface area contributed by atoms with Crippen LogP contribution in [0.3, 0.4) is 0 Å². The van der Waals surface area contributed by atoms with Crippen LogP contribution in [-0.4, -0.2) is 16.9 Å². The van der Waals surface area contributed by atoms with Crippen molar-refractivity contribution in [1.29, 1.82) is 0 Å². The molecule has 0 unspecified atom stereocenters. The van der Waals surface area contributed by atoms with Crippen LogP contribution in [0.15, 0.2) is 65.3 Å². The van der Waals surface area contributed by atoms with E-state index in [4.69, 9.17) is 4.52 Å². The minimum atomic E-state index is -5.30. The summed E-state index contributed by atoms with van der Waals surface area (Å²) in [4.78, 5) is 47.7. The van der Waals surface area contributed by atoms with Gasteiger partial charge in [-0.2, -0.15) is 0 Å². The number of benzene rings is 2. The molecule has 0 saturated heterocycles. The quantitative estimate of drug-likeness (QED) is 0.427. The van der Waals surface area contributed by atoms with Crippen LogP contribution >= 0.6 is 7.82 Å². The van der Waals surface area contributed by atoms with E-state index in [9.17, 15) is 29.0 Å². The molecule has 0 radical (unpaired) electrons. The molecule has 0 aliphatic heterocycles. The second-order valence-corrected chi connectivity index (χ2v) is 10.6. The van der Waals surface area contributed by atoms with Crippen molar-refractivity contribution in [1.82, 2.24) is 0 Å². The largest absolute Gasteiger partial charge is 1.00 e. The minimum Gasteiger partial charge on any atom is -0.780 e. The molecule has 0 aromatic heterocycles. The molecule has 3 rings (SSSR count). The molecule has 37 heavy (non-hydrogen) atoms. The van der Waals surface area contributed by atoms with Gasteiger partial charge in [0.15, 0.2) is 5.78 Å². The smallest absolute Gasteiger partial charge is 0.780 e. The van der Waals surface area contributed by atoms with E-state index in [0.29, 0.717) is 44.5 Å². The van der Waals surface area contributed by atoms with E-state index < -0.39 is 13.8 Å². The van der Waals surface area contributed by atoms with Crippen LogP contribution in [0.1, 0.15) is 73.1 Å². The van der Waals surface area contributed by atoms with E-state index >= 15 is 0 Å².